The monoisotopic (exact) mass is 381 g/mol. The van der Waals surface area contributed by atoms with Crippen molar-refractivity contribution < 1.29 is 14.3 Å². The van der Waals surface area contributed by atoms with Gasteiger partial charge in [0.1, 0.15) is 11.4 Å². The number of amides is 2. The Morgan fingerprint density at radius 3 is 2.56 bits per heavy atom. The predicted octanol–water partition coefficient (Wildman–Crippen LogP) is 3.98. The summed E-state index contributed by atoms with van der Waals surface area (Å²) in [7, 11) is 1.54. The predicted molar refractivity (Wildman–Crippen MR) is 106 cm³/mol. The number of ether oxygens (including phenoxy) is 1. The van der Waals surface area contributed by atoms with Crippen LogP contribution >= 0.6 is 11.3 Å². The number of para-hydroxylation sites is 2. The Balaban J connectivity index is 1.56. The van der Waals surface area contributed by atoms with Gasteiger partial charge >= 0.3 is 0 Å². The minimum Gasteiger partial charge on any atom is -0.495 e. The third kappa shape index (κ3) is 5.15. The molecule has 1 aromatic heterocycles. The zero-order valence-corrected chi connectivity index (χ0v) is 15.6. The lowest BCUT2D eigenvalue weighted by molar-refractivity contribution is -0.116. The van der Waals surface area contributed by atoms with Gasteiger partial charge in [-0.25, -0.2) is 4.98 Å². The van der Waals surface area contributed by atoms with Gasteiger partial charge < -0.3 is 15.4 Å². The summed E-state index contributed by atoms with van der Waals surface area (Å²) in [4.78, 5) is 28.6. The summed E-state index contributed by atoms with van der Waals surface area (Å²) in [5.41, 5.74) is 1.90. The van der Waals surface area contributed by atoms with Crippen LogP contribution in [0.5, 0.6) is 5.75 Å². The second-order valence-electron chi connectivity index (χ2n) is 5.73. The molecule has 2 N–H and O–H groups in total. The molecule has 3 aromatic rings. The van der Waals surface area contributed by atoms with Crippen LogP contribution in [-0.2, 0) is 11.2 Å². The number of benzene rings is 2. The van der Waals surface area contributed by atoms with E-state index in [-0.39, 0.29) is 17.5 Å². The van der Waals surface area contributed by atoms with Crippen LogP contribution in [0.1, 0.15) is 22.5 Å². The number of hydrogen-bond acceptors (Lipinski definition) is 5. The molecule has 7 heteroatoms. The molecule has 0 saturated carbocycles. The van der Waals surface area contributed by atoms with Crippen molar-refractivity contribution in [3.63, 3.8) is 0 Å². The Morgan fingerprint density at radius 2 is 1.78 bits per heavy atom. The molecular formula is C20H19N3O3S. The van der Waals surface area contributed by atoms with Gasteiger partial charge in [-0.3, -0.25) is 9.59 Å². The van der Waals surface area contributed by atoms with Crippen LogP contribution in [0, 0.1) is 0 Å². The molecule has 6 nitrogen and oxygen atoms in total. The first-order valence-corrected chi connectivity index (χ1v) is 9.27. The molecular weight excluding hydrogens is 362 g/mol. The van der Waals surface area contributed by atoms with Gasteiger partial charge in [-0.05, 0) is 24.1 Å². The van der Waals surface area contributed by atoms with Crippen molar-refractivity contribution in [2.45, 2.75) is 12.8 Å². The molecule has 27 heavy (non-hydrogen) atoms. The standard InChI is InChI=1S/C20H19N3O3S/c1-26-17-10-6-5-9-15(17)21-19(25)16-13-27-20(22-16)23-18(24)12-11-14-7-3-2-4-8-14/h2-10,13H,11-12H2,1H3,(H,21,25)(H,22,23,24). The highest BCUT2D eigenvalue weighted by Gasteiger charge is 2.14. The Hall–Kier alpha value is -3.19. The molecule has 0 aliphatic carbocycles. The Kier molecular flexibility index (Phi) is 6.17. The van der Waals surface area contributed by atoms with Crippen molar-refractivity contribution in [2.24, 2.45) is 0 Å². The van der Waals surface area contributed by atoms with Crippen LogP contribution in [-0.4, -0.2) is 23.9 Å². The van der Waals surface area contributed by atoms with E-state index < -0.39 is 0 Å². The zero-order valence-electron chi connectivity index (χ0n) is 14.8. The first-order valence-electron chi connectivity index (χ1n) is 8.39. The Labute approximate surface area is 161 Å². The molecule has 0 radical (unpaired) electrons. The van der Waals surface area contributed by atoms with E-state index in [0.717, 1.165) is 5.56 Å². The lowest BCUT2D eigenvalue weighted by atomic mass is 10.1. The number of carbonyl (C=O) groups is 2. The molecule has 2 amide bonds. The number of aryl methyl sites for hydroxylation is 1. The molecule has 2 aromatic carbocycles. The van der Waals surface area contributed by atoms with E-state index in [0.29, 0.717) is 29.4 Å². The SMILES string of the molecule is COc1ccccc1NC(=O)c1csc(NC(=O)CCc2ccccc2)n1. The van der Waals surface area contributed by atoms with Crippen LogP contribution in [0.4, 0.5) is 10.8 Å². The first-order chi connectivity index (χ1) is 13.2. The van der Waals surface area contributed by atoms with E-state index >= 15 is 0 Å². The lowest BCUT2D eigenvalue weighted by Gasteiger charge is -2.08. The average Bonchev–Trinajstić information content (AvgIpc) is 3.16. The summed E-state index contributed by atoms with van der Waals surface area (Å²) < 4.78 is 5.21. The Bertz CT molecular complexity index is 925. The third-order valence-corrected chi connectivity index (χ3v) is 4.58. The second-order valence-corrected chi connectivity index (χ2v) is 6.58. The summed E-state index contributed by atoms with van der Waals surface area (Å²) in [5, 5.41) is 7.51. The highest BCUT2D eigenvalue weighted by molar-refractivity contribution is 7.14. The van der Waals surface area contributed by atoms with Crippen molar-refractivity contribution in [3.8, 4) is 5.75 Å². The highest BCUT2D eigenvalue weighted by atomic mass is 32.1. The molecule has 0 unspecified atom stereocenters. The number of nitrogens with zero attached hydrogens (tertiary/aromatic N) is 1. The quantitative estimate of drug-likeness (QED) is 0.649. The number of nitrogens with one attached hydrogen (secondary N) is 2. The van der Waals surface area contributed by atoms with E-state index in [1.54, 1.807) is 23.6 Å². The lowest BCUT2D eigenvalue weighted by Crippen LogP contribution is -2.15. The van der Waals surface area contributed by atoms with E-state index in [2.05, 4.69) is 15.6 Å². The number of anilines is 2. The van der Waals surface area contributed by atoms with Crippen LogP contribution < -0.4 is 15.4 Å². The van der Waals surface area contributed by atoms with Gasteiger partial charge in [-0.2, -0.15) is 0 Å². The van der Waals surface area contributed by atoms with Crippen molar-refractivity contribution in [3.05, 3.63) is 71.2 Å². The van der Waals surface area contributed by atoms with E-state index in [9.17, 15) is 9.59 Å². The summed E-state index contributed by atoms with van der Waals surface area (Å²) in [5.74, 6) is 0.0703. The van der Waals surface area contributed by atoms with Gasteiger partial charge in [0.05, 0.1) is 12.8 Å². The number of carbonyl (C=O) groups excluding carboxylic acids is 2. The maximum atomic E-state index is 12.4. The zero-order chi connectivity index (χ0) is 19.1. The fourth-order valence-electron chi connectivity index (χ4n) is 2.45. The molecule has 0 spiro atoms. The number of rotatable bonds is 7. The second kappa shape index (κ2) is 8.95. The number of hydrogen-bond donors (Lipinski definition) is 2. The van der Waals surface area contributed by atoms with Gasteiger partial charge in [-0.1, -0.05) is 42.5 Å². The molecule has 0 bridgehead atoms. The smallest absolute Gasteiger partial charge is 0.275 e. The van der Waals surface area contributed by atoms with Gasteiger partial charge in [0.15, 0.2) is 5.13 Å². The molecule has 0 atom stereocenters. The summed E-state index contributed by atoms with van der Waals surface area (Å²) in [6.45, 7) is 0. The number of thiazole rings is 1. The van der Waals surface area contributed by atoms with Crippen molar-refractivity contribution >= 4 is 34.0 Å². The van der Waals surface area contributed by atoms with Gasteiger partial charge in [0.2, 0.25) is 5.91 Å². The molecule has 0 saturated heterocycles. The van der Waals surface area contributed by atoms with E-state index in [1.165, 1.54) is 18.4 Å². The normalized spacial score (nSPS) is 10.3. The molecule has 1 heterocycles. The summed E-state index contributed by atoms with van der Waals surface area (Å²) >= 11 is 1.21. The Morgan fingerprint density at radius 1 is 1.04 bits per heavy atom. The maximum absolute atomic E-state index is 12.4. The van der Waals surface area contributed by atoms with Crippen molar-refractivity contribution in [1.29, 1.82) is 0 Å². The third-order valence-electron chi connectivity index (χ3n) is 3.82. The summed E-state index contributed by atoms with van der Waals surface area (Å²) in [6.07, 6.45) is 1.01. The topological polar surface area (TPSA) is 80.3 Å². The van der Waals surface area contributed by atoms with Crippen LogP contribution in [0.25, 0.3) is 0 Å². The number of methoxy groups -OCH3 is 1. The molecule has 138 valence electrons. The van der Waals surface area contributed by atoms with Crippen LogP contribution in [0.3, 0.4) is 0 Å². The minimum atomic E-state index is -0.361. The van der Waals surface area contributed by atoms with Gasteiger partial charge in [-0.15, -0.1) is 11.3 Å². The molecule has 0 aliphatic heterocycles. The molecule has 3 rings (SSSR count). The van der Waals surface area contributed by atoms with Crippen LogP contribution in [0.2, 0.25) is 0 Å². The fourth-order valence-corrected chi connectivity index (χ4v) is 3.16. The van der Waals surface area contributed by atoms with Crippen LogP contribution in [0.15, 0.2) is 60.0 Å². The van der Waals surface area contributed by atoms with Crippen molar-refractivity contribution in [1.82, 2.24) is 4.98 Å². The average molecular weight is 381 g/mol. The fraction of sp³-hybridized carbons (Fsp3) is 0.150. The van der Waals surface area contributed by atoms with Gasteiger partial charge in [0.25, 0.3) is 5.91 Å². The number of aromatic nitrogens is 1. The highest BCUT2D eigenvalue weighted by Crippen LogP contribution is 2.24. The molecule has 0 aliphatic rings. The summed E-state index contributed by atoms with van der Waals surface area (Å²) in [6, 6.07) is 16.9. The van der Waals surface area contributed by atoms with E-state index in [4.69, 9.17) is 4.74 Å². The van der Waals surface area contributed by atoms with E-state index in [1.807, 2.05) is 36.4 Å². The molecule has 0 fully saturated rings. The van der Waals surface area contributed by atoms with Gasteiger partial charge in [0, 0.05) is 11.8 Å². The largest absolute Gasteiger partial charge is 0.495 e. The van der Waals surface area contributed by atoms with Crippen molar-refractivity contribution in [2.75, 3.05) is 17.7 Å². The first kappa shape index (κ1) is 18.6. The maximum Gasteiger partial charge on any atom is 0.275 e. The minimum absolute atomic E-state index is 0.134.